The Morgan fingerprint density at radius 1 is 0.568 bits per heavy atom. The topological polar surface area (TPSA) is 324 Å². The first kappa shape index (κ1) is 35.1. The molecular formula is C24H26N6O12P2. The second-order valence-corrected chi connectivity index (χ2v) is 11.0. The van der Waals surface area contributed by atoms with E-state index in [4.69, 9.17) is 47.2 Å². The summed E-state index contributed by atoms with van der Waals surface area (Å²) in [6, 6.07) is 23.3. The molecule has 234 valence electrons. The Labute approximate surface area is 248 Å². The van der Waals surface area contributed by atoms with Gasteiger partial charge in [0, 0.05) is 11.4 Å². The fraction of sp³-hybridized carbons (Fsp3) is 0. The van der Waals surface area contributed by atoms with E-state index in [9.17, 15) is 29.4 Å². The van der Waals surface area contributed by atoms with Crippen molar-refractivity contribution in [1.82, 2.24) is 0 Å². The van der Waals surface area contributed by atoms with Gasteiger partial charge in [-0.3, -0.25) is 20.2 Å². The van der Waals surface area contributed by atoms with Crippen LogP contribution in [0.25, 0.3) is 11.1 Å². The fourth-order valence-corrected chi connectivity index (χ4v) is 4.22. The molecule has 4 aromatic carbocycles. The zero-order chi connectivity index (χ0) is 33.2. The maximum Gasteiger partial charge on any atom is 0.478 e. The maximum atomic E-state index is 10.8. The number of nitro groups is 2. The Morgan fingerprint density at radius 3 is 1.14 bits per heavy atom. The van der Waals surface area contributed by atoms with Crippen molar-refractivity contribution in [3.05, 3.63) is 105 Å². The summed E-state index contributed by atoms with van der Waals surface area (Å²) in [5, 5.41) is 21.6. The van der Waals surface area contributed by atoms with Gasteiger partial charge in [0.1, 0.15) is 22.9 Å². The highest BCUT2D eigenvalue weighted by molar-refractivity contribution is 7.60. The highest BCUT2D eigenvalue weighted by Gasteiger charge is 2.28. The summed E-state index contributed by atoms with van der Waals surface area (Å²) in [6.45, 7) is 0. The lowest BCUT2D eigenvalue weighted by atomic mass is 10.1. The largest absolute Gasteiger partial charge is 0.478 e. The Morgan fingerprint density at radius 2 is 0.886 bits per heavy atom. The van der Waals surface area contributed by atoms with Crippen molar-refractivity contribution in [3.8, 4) is 22.6 Å². The van der Waals surface area contributed by atoms with Crippen molar-refractivity contribution >= 4 is 49.8 Å². The molecule has 0 radical (unpaired) electrons. The number of hydrogen-bond acceptors (Lipinski definition) is 12. The standard InChI is InChI=1S/C12H10N4O5.C12H12N2.H4O7P2/c13-9-3-1-7(5-11(9)15(17)18)21-8-2-4-10(14)12(6-8)16(19)20;13-11-5-1-9(2-6-11)10-3-7-12(14)8-4-10;1-8(2,3)7-9(4,5)6/h1-6H,13-14H2;1-8H,13-14H2;(H2,1,2,3)(H2,4,5,6). The molecule has 0 aliphatic heterocycles. The molecule has 44 heavy (non-hydrogen) atoms. The number of ether oxygens (including phenoxy) is 1. The van der Waals surface area contributed by atoms with Gasteiger partial charge in [0.15, 0.2) is 0 Å². The lowest BCUT2D eigenvalue weighted by Crippen LogP contribution is -1.97. The summed E-state index contributed by atoms with van der Waals surface area (Å²) in [4.78, 5) is 51.3. The van der Waals surface area contributed by atoms with E-state index in [-0.39, 0.29) is 34.2 Å². The van der Waals surface area contributed by atoms with Crippen LogP contribution in [0.1, 0.15) is 0 Å². The first-order valence-electron chi connectivity index (χ1n) is 11.6. The van der Waals surface area contributed by atoms with Crippen LogP contribution in [0.2, 0.25) is 0 Å². The quantitative estimate of drug-likeness (QED) is 0.0601. The maximum absolute atomic E-state index is 10.8. The number of anilines is 4. The molecule has 0 saturated carbocycles. The van der Waals surface area contributed by atoms with Crippen LogP contribution in [0.4, 0.5) is 34.1 Å². The van der Waals surface area contributed by atoms with E-state index in [0.29, 0.717) is 0 Å². The smallest absolute Gasteiger partial charge is 0.457 e. The van der Waals surface area contributed by atoms with Gasteiger partial charge in [0.05, 0.1) is 22.0 Å². The number of phosphoric acid groups is 2. The molecule has 12 N–H and O–H groups in total. The molecule has 0 heterocycles. The molecule has 0 amide bonds. The lowest BCUT2D eigenvalue weighted by molar-refractivity contribution is -0.384. The number of hydrogen-bond donors (Lipinski definition) is 8. The summed E-state index contributed by atoms with van der Waals surface area (Å²) >= 11 is 0. The predicted octanol–water partition coefficient (Wildman–Crippen LogP) is 4.17. The number of nitrogens with zero attached hydrogens (tertiary/aromatic N) is 2. The number of nitro benzene ring substituents is 2. The van der Waals surface area contributed by atoms with Gasteiger partial charge in [-0.1, -0.05) is 24.3 Å². The molecule has 18 nitrogen and oxygen atoms in total. The highest BCUT2D eigenvalue weighted by atomic mass is 31.3. The van der Waals surface area contributed by atoms with Gasteiger partial charge in [0.2, 0.25) is 0 Å². The SMILES string of the molecule is Nc1ccc(-c2ccc(N)cc2)cc1.Nc1ccc(Oc2ccc(N)c([N+](=O)[O-])c2)cc1[N+](=O)[O-].O=P(O)(O)OP(=O)(O)O. The summed E-state index contributed by atoms with van der Waals surface area (Å²) in [5.41, 5.74) is 25.4. The molecular weight excluding hydrogens is 626 g/mol. The van der Waals surface area contributed by atoms with E-state index < -0.39 is 25.5 Å². The zero-order valence-corrected chi connectivity index (χ0v) is 24.0. The van der Waals surface area contributed by atoms with Crippen molar-refractivity contribution in [2.45, 2.75) is 0 Å². The molecule has 0 aromatic heterocycles. The summed E-state index contributed by atoms with van der Waals surface area (Å²) in [7, 11) is -10.1. The van der Waals surface area contributed by atoms with Crippen molar-refractivity contribution in [1.29, 1.82) is 0 Å². The van der Waals surface area contributed by atoms with Crippen LogP contribution in [0.15, 0.2) is 84.9 Å². The highest BCUT2D eigenvalue weighted by Crippen LogP contribution is 2.53. The van der Waals surface area contributed by atoms with E-state index in [2.05, 4.69) is 4.31 Å². The number of nitrogen functional groups attached to an aromatic ring is 4. The molecule has 0 bridgehead atoms. The van der Waals surface area contributed by atoms with Crippen molar-refractivity contribution in [3.63, 3.8) is 0 Å². The zero-order valence-electron chi connectivity index (χ0n) is 22.2. The van der Waals surface area contributed by atoms with E-state index in [0.717, 1.165) is 34.6 Å². The first-order chi connectivity index (χ1) is 20.3. The van der Waals surface area contributed by atoms with Crippen LogP contribution in [-0.2, 0) is 13.4 Å². The molecule has 0 atom stereocenters. The Balaban J connectivity index is 0.000000253. The third-order valence-corrected chi connectivity index (χ3v) is 6.70. The third-order valence-electron chi connectivity index (χ3n) is 5.00. The van der Waals surface area contributed by atoms with Crippen LogP contribution in [0.3, 0.4) is 0 Å². The molecule has 0 spiro atoms. The van der Waals surface area contributed by atoms with Gasteiger partial charge < -0.3 is 47.2 Å². The second kappa shape index (κ2) is 14.9. The van der Waals surface area contributed by atoms with E-state index in [1.54, 1.807) is 0 Å². The van der Waals surface area contributed by atoms with Gasteiger partial charge in [-0.05, 0) is 59.7 Å². The monoisotopic (exact) mass is 652 g/mol. The average Bonchev–Trinajstić information content (AvgIpc) is 2.90. The molecule has 0 aliphatic carbocycles. The number of benzene rings is 4. The van der Waals surface area contributed by atoms with Crippen LogP contribution in [0.5, 0.6) is 11.5 Å². The molecule has 0 fully saturated rings. The van der Waals surface area contributed by atoms with E-state index in [1.807, 2.05) is 48.5 Å². The normalized spacial score (nSPS) is 10.8. The average molecular weight is 652 g/mol. The van der Waals surface area contributed by atoms with Gasteiger partial charge in [-0.25, -0.2) is 9.13 Å². The molecule has 4 aromatic rings. The van der Waals surface area contributed by atoms with Crippen molar-refractivity contribution < 1.29 is 47.6 Å². The van der Waals surface area contributed by atoms with Gasteiger partial charge in [0.25, 0.3) is 11.4 Å². The Kier molecular flexibility index (Phi) is 11.9. The Bertz CT molecular complexity index is 1590. The van der Waals surface area contributed by atoms with Crippen molar-refractivity contribution in [2.24, 2.45) is 0 Å². The minimum Gasteiger partial charge on any atom is -0.457 e. The Hall–Kier alpha value is -5.06. The summed E-state index contributed by atoms with van der Waals surface area (Å²) < 4.78 is 27.6. The van der Waals surface area contributed by atoms with Gasteiger partial charge in [-0.2, -0.15) is 4.31 Å². The lowest BCUT2D eigenvalue weighted by Gasteiger charge is -2.07. The molecule has 20 heteroatoms. The van der Waals surface area contributed by atoms with Crippen LogP contribution < -0.4 is 27.7 Å². The van der Waals surface area contributed by atoms with E-state index in [1.165, 1.54) is 24.3 Å². The summed E-state index contributed by atoms with van der Waals surface area (Å²) in [6.07, 6.45) is 0. The predicted molar refractivity (Wildman–Crippen MR) is 161 cm³/mol. The summed E-state index contributed by atoms with van der Waals surface area (Å²) in [5.74, 6) is 0.268. The van der Waals surface area contributed by atoms with Crippen LogP contribution in [-0.4, -0.2) is 29.4 Å². The minimum atomic E-state index is -5.05. The molecule has 0 unspecified atom stereocenters. The number of nitrogens with two attached hydrogens (primary N) is 4. The van der Waals surface area contributed by atoms with E-state index >= 15 is 0 Å². The molecule has 4 rings (SSSR count). The first-order valence-corrected chi connectivity index (χ1v) is 14.7. The van der Waals surface area contributed by atoms with Crippen LogP contribution >= 0.6 is 15.6 Å². The van der Waals surface area contributed by atoms with Crippen molar-refractivity contribution in [2.75, 3.05) is 22.9 Å². The fourth-order valence-electron chi connectivity index (χ4n) is 3.12. The number of rotatable bonds is 7. The van der Waals surface area contributed by atoms with Gasteiger partial charge in [-0.15, -0.1) is 0 Å². The molecule has 0 saturated heterocycles. The second-order valence-electron chi connectivity index (χ2n) is 8.36. The van der Waals surface area contributed by atoms with Crippen LogP contribution in [0, 0.1) is 20.2 Å². The third kappa shape index (κ3) is 12.0. The molecule has 0 aliphatic rings. The van der Waals surface area contributed by atoms with Gasteiger partial charge >= 0.3 is 15.6 Å². The minimum absolute atomic E-state index is 0.00404.